The van der Waals surface area contributed by atoms with Crippen LogP contribution in [-0.4, -0.2) is 22.5 Å². The van der Waals surface area contributed by atoms with Gasteiger partial charge in [0.15, 0.2) is 0 Å². The predicted molar refractivity (Wildman–Crippen MR) is 109 cm³/mol. The summed E-state index contributed by atoms with van der Waals surface area (Å²) in [5.41, 5.74) is 6.77. The molecule has 28 heavy (non-hydrogen) atoms. The number of carbonyl (C=O) groups is 1. The Morgan fingerprint density at radius 2 is 1.96 bits per heavy atom. The fourth-order valence-electron chi connectivity index (χ4n) is 4.15. The Labute approximate surface area is 163 Å². The number of fused-ring (bicyclic) bond motifs is 2. The van der Waals surface area contributed by atoms with Gasteiger partial charge in [-0.2, -0.15) is 0 Å². The Hall–Kier alpha value is -3.34. The third-order valence-corrected chi connectivity index (χ3v) is 5.74. The number of rotatable bonds is 2. The van der Waals surface area contributed by atoms with E-state index in [0.717, 1.165) is 39.5 Å². The van der Waals surface area contributed by atoms with Gasteiger partial charge in [-0.3, -0.25) is 4.79 Å². The molecule has 2 aliphatic heterocycles. The minimum Gasteiger partial charge on any atom is -0.501 e. The minimum atomic E-state index is -0.602. The Kier molecular flexibility index (Phi) is 3.66. The number of anilines is 1. The van der Waals surface area contributed by atoms with Crippen molar-refractivity contribution in [3.63, 3.8) is 0 Å². The Morgan fingerprint density at radius 1 is 1.11 bits per heavy atom. The number of aromatic nitrogens is 2. The first-order chi connectivity index (χ1) is 13.6. The van der Waals surface area contributed by atoms with Gasteiger partial charge in [-0.25, -0.2) is 4.98 Å². The van der Waals surface area contributed by atoms with Crippen LogP contribution in [0.15, 0.2) is 54.9 Å². The predicted octanol–water partition coefficient (Wildman–Crippen LogP) is 4.48. The second-order valence-corrected chi connectivity index (χ2v) is 7.55. The van der Waals surface area contributed by atoms with Crippen molar-refractivity contribution in [2.24, 2.45) is 0 Å². The molecule has 0 radical (unpaired) electrons. The highest BCUT2D eigenvalue weighted by molar-refractivity contribution is 6.08. The van der Waals surface area contributed by atoms with Gasteiger partial charge in [-0.15, -0.1) is 0 Å². The summed E-state index contributed by atoms with van der Waals surface area (Å²) < 4.78 is 5.32. The van der Waals surface area contributed by atoms with Crippen molar-refractivity contribution in [2.45, 2.75) is 25.7 Å². The second kappa shape index (κ2) is 6.09. The van der Waals surface area contributed by atoms with Crippen LogP contribution < -0.4 is 5.32 Å². The van der Waals surface area contributed by atoms with Crippen molar-refractivity contribution in [2.75, 3.05) is 11.9 Å². The van der Waals surface area contributed by atoms with Gasteiger partial charge < -0.3 is 15.0 Å². The number of amides is 1. The molecule has 0 saturated heterocycles. The first-order valence-electron chi connectivity index (χ1n) is 9.45. The molecule has 1 unspecified atom stereocenters. The lowest BCUT2D eigenvalue weighted by Gasteiger charge is -2.26. The second-order valence-electron chi connectivity index (χ2n) is 7.55. The highest BCUT2D eigenvalue weighted by Gasteiger charge is 2.45. The van der Waals surface area contributed by atoms with E-state index in [-0.39, 0.29) is 5.91 Å². The molecular formula is C23H21N3O2. The molecule has 3 heterocycles. The van der Waals surface area contributed by atoms with Gasteiger partial charge in [0, 0.05) is 29.6 Å². The fraction of sp³-hybridized carbons (Fsp3) is 0.217. The molecule has 3 aromatic rings. The van der Waals surface area contributed by atoms with Gasteiger partial charge in [-0.05, 0) is 54.3 Å². The largest absolute Gasteiger partial charge is 0.501 e. The maximum atomic E-state index is 12.7. The number of nitrogens with zero attached hydrogens (tertiary/aromatic N) is 1. The lowest BCUT2D eigenvalue weighted by atomic mass is 9.78. The average Bonchev–Trinajstić information content (AvgIpc) is 3.25. The number of aromatic amines is 1. The maximum absolute atomic E-state index is 12.7. The fourth-order valence-corrected chi connectivity index (χ4v) is 4.15. The molecule has 1 amide bonds. The molecule has 0 aliphatic carbocycles. The van der Waals surface area contributed by atoms with Crippen molar-refractivity contribution in [1.82, 2.24) is 9.97 Å². The van der Waals surface area contributed by atoms with Gasteiger partial charge in [-0.1, -0.05) is 24.3 Å². The maximum Gasteiger partial charge on any atom is 0.239 e. The standard InChI is InChI=1S/C23H21N3O2/c1-14-3-4-17(21-24-13-15(2)25-21)11-18(14)16-5-6-19-20(12-16)26-22(27)23(19)7-9-28-10-8-23/h3-7,9,11-13H,8,10H2,1-2H3,(H,24,25)(H,26,27). The van der Waals surface area contributed by atoms with E-state index in [9.17, 15) is 4.79 Å². The lowest BCUT2D eigenvalue weighted by Crippen LogP contribution is -2.35. The Morgan fingerprint density at radius 3 is 2.71 bits per heavy atom. The molecule has 1 spiro atoms. The van der Waals surface area contributed by atoms with Crippen LogP contribution in [-0.2, 0) is 14.9 Å². The number of hydrogen-bond acceptors (Lipinski definition) is 3. The summed E-state index contributed by atoms with van der Waals surface area (Å²) >= 11 is 0. The van der Waals surface area contributed by atoms with Crippen molar-refractivity contribution in [3.05, 3.63) is 71.8 Å². The van der Waals surface area contributed by atoms with Crippen LogP contribution >= 0.6 is 0 Å². The molecular weight excluding hydrogens is 350 g/mol. The molecule has 2 aliphatic rings. The number of benzene rings is 2. The summed E-state index contributed by atoms with van der Waals surface area (Å²) in [6.07, 6.45) is 6.02. The number of ether oxygens (including phenoxy) is 1. The van der Waals surface area contributed by atoms with Crippen molar-refractivity contribution >= 4 is 11.6 Å². The zero-order chi connectivity index (χ0) is 19.3. The van der Waals surface area contributed by atoms with Crippen LogP contribution in [0.1, 0.15) is 23.2 Å². The molecule has 1 aromatic heterocycles. The third-order valence-electron chi connectivity index (χ3n) is 5.74. The van der Waals surface area contributed by atoms with Crippen LogP contribution in [0.3, 0.4) is 0 Å². The van der Waals surface area contributed by atoms with Crippen LogP contribution in [0.5, 0.6) is 0 Å². The smallest absolute Gasteiger partial charge is 0.239 e. The summed E-state index contributed by atoms with van der Waals surface area (Å²) in [6, 6.07) is 12.6. The number of nitrogens with one attached hydrogen (secondary N) is 2. The van der Waals surface area contributed by atoms with Crippen LogP contribution in [0, 0.1) is 13.8 Å². The number of imidazole rings is 1. The SMILES string of the molecule is Cc1cnc(-c2ccc(C)c(-c3ccc4c(c3)NC(=O)C43C=COCC3)c2)[nH]1. The molecule has 5 rings (SSSR count). The van der Waals surface area contributed by atoms with Gasteiger partial charge in [0.25, 0.3) is 0 Å². The van der Waals surface area contributed by atoms with Gasteiger partial charge in [0.05, 0.1) is 12.9 Å². The van der Waals surface area contributed by atoms with Crippen LogP contribution in [0.2, 0.25) is 0 Å². The minimum absolute atomic E-state index is 0.0238. The first-order valence-corrected chi connectivity index (χ1v) is 9.45. The summed E-state index contributed by atoms with van der Waals surface area (Å²) in [7, 11) is 0. The third kappa shape index (κ3) is 2.47. The first kappa shape index (κ1) is 16.8. The number of H-pyrrole nitrogens is 1. The summed E-state index contributed by atoms with van der Waals surface area (Å²) in [5, 5.41) is 3.07. The quantitative estimate of drug-likeness (QED) is 0.698. The van der Waals surface area contributed by atoms with Crippen LogP contribution in [0.25, 0.3) is 22.5 Å². The van der Waals surface area contributed by atoms with E-state index in [1.54, 1.807) is 6.26 Å². The van der Waals surface area contributed by atoms with Crippen LogP contribution in [0.4, 0.5) is 5.69 Å². The van der Waals surface area contributed by atoms with Gasteiger partial charge in [0.1, 0.15) is 11.2 Å². The lowest BCUT2D eigenvalue weighted by molar-refractivity contribution is -0.120. The highest BCUT2D eigenvalue weighted by atomic mass is 16.5. The zero-order valence-electron chi connectivity index (χ0n) is 15.9. The molecule has 0 bridgehead atoms. The van der Waals surface area contributed by atoms with Gasteiger partial charge in [0.2, 0.25) is 5.91 Å². The summed E-state index contributed by atoms with van der Waals surface area (Å²) in [5.74, 6) is 0.884. The number of carbonyl (C=O) groups excluding carboxylic acids is 1. The Balaban J connectivity index is 1.59. The van der Waals surface area contributed by atoms with Crippen molar-refractivity contribution in [1.29, 1.82) is 0 Å². The average molecular weight is 371 g/mol. The zero-order valence-corrected chi connectivity index (χ0v) is 15.9. The molecule has 1 atom stereocenters. The monoisotopic (exact) mass is 371 g/mol. The van der Waals surface area contributed by atoms with E-state index in [4.69, 9.17) is 4.74 Å². The van der Waals surface area contributed by atoms with E-state index in [2.05, 4.69) is 58.6 Å². The molecule has 5 nitrogen and oxygen atoms in total. The Bertz CT molecular complexity index is 1130. The highest BCUT2D eigenvalue weighted by Crippen LogP contribution is 2.44. The summed E-state index contributed by atoms with van der Waals surface area (Å²) in [6.45, 7) is 4.64. The summed E-state index contributed by atoms with van der Waals surface area (Å²) in [4.78, 5) is 20.5. The van der Waals surface area contributed by atoms with E-state index in [0.29, 0.717) is 13.0 Å². The molecule has 140 valence electrons. The molecule has 2 aromatic carbocycles. The normalized spacial score (nSPS) is 20.1. The molecule has 0 saturated carbocycles. The molecule has 5 heteroatoms. The topological polar surface area (TPSA) is 67.0 Å². The van der Waals surface area contributed by atoms with E-state index in [1.165, 1.54) is 5.56 Å². The number of hydrogen-bond donors (Lipinski definition) is 2. The van der Waals surface area contributed by atoms with Crippen molar-refractivity contribution < 1.29 is 9.53 Å². The van der Waals surface area contributed by atoms with Gasteiger partial charge >= 0.3 is 0 Å². The van der Waals surface area contributed by atoms with E-state index < -0.39 is 5.41 Å². The number of aryl methyl sites for hydroxylation is 2. The van der Waals surface area contributed by atoms with E-state index in [1.807, 2.05) is 19.2 Å². The van der Waals surface area contributed by atoms with E-state index >= 15 is 0 Å². The van der Waals surface area contributed by atoms with Crippen molar-refractivity contribution in [3.8, 4) is 22.5 Å². The molecule has 2 N–H and O–H groups in total. The molecule has 0 fully saturated rings.